The van der Waals surface area contributed by atoms with Crippen LogP contribution in [0.1, 0.15) is 49.6 Å². The summed E-state index contributed by atoms with van der Waals surface area (Å²) in [6, 6.07) is 13.5. The number of benzene rings is 3. The Morgan fingerprint density at radius 2 is 1.63 bits per heavy atom. The van der Waals surface area contributed by atoms with Gasteiger partial charge in [-0.25, -0.2) is 4.98 Å². The summed E-state index contributed by atoms with van der Waals surface area (Å²) in [5, 5.41) is 16.5. The minimum atomic E-state index is -4.76. The number of amides is 4. The van der Waals surface area contributed by atoms with Crippen LogP contribution in [-0.4, -0.2) is 117 Å². The maximum Gasteiger partial charge on any atom is 0.422 e. The van der Waals surface area contributed by atoms with E-state index in [9.17, 15) is 37.5 Å². The monoisotopic (exact) mass is 915 g/mol. The quantitative estimate of drug-likeness (QED) is 0.158. The average molecular weight is 917 g/mol. The SMILES string of the molecule is C[C@H]1C(=O)N[C@@H](CO)C(=O)N[C@@]2(Cc3ccc(Cl)cc3)CCCN(C2)C(=O)CCC(=O)N1Cc1c(OCC(F)(F)F)cc(Cl)cc1Oc1ccc(-c2cnc(CN(C)C)n2C)cc1. The first-order valence-corrected chi connectivity index (χ1v) is 21.1. The van der Waals surface area contributed by atoms with Gasteiger partial charge in [-0.15, -0.1) is 0 Å². The van der Waals surface area contributed by atoms with E-state index in [1.807, 2.05) is 42.7 Å². The Hall–Kier alpha value is -5.36. The summed E-state index contributed by atoms with van der Waals surface area (Å²) >= 11 is 12.5. The Kier molecular flexibility index (Phi) is 15.0. The lowest BCUT2D eigenvalue weighted by Gasteiger charge is -2.44. The van der Waals surface area contributed by atoms with Crippen molar-refractivity contribution in [2.24, 2.45) is 7.05 Å². The van der Waals surface area contributed by atoms with Gasteiger partial charge in [0.25, 0.3) is 0 Å². The summed E-state index contributed by atoms with van der Waals surface area (Å²) in [4.78, 5) is 65.2. The second-order valence-electron chi connectivity index (χ2n) is 16.2. The maximum absolute atomic E-state index is 14.3. The van der Waals surface area contributed by atoms with Crippen LogP contribution in [0.2, 0.25) is 10.0 Å². The average Bonchev–Trinajstić information content (AvgIpc) is 3.59. The van der Waals surface area contributed by atoms with Crippen LogP contribution in [0.3, 0.4) is 0 Å². The minimum absolute atomic E-state index is 0.0416. The fourth-order valence-corrected chi connectivity index (χ4v) is 8.15. The standard InChI is InChI=1S/C44H50Cl2F3N7O7/c1-27-41(60)51-34(24-57)42(61)52-43(20-28-6-10-30(45)11-7-28)16-5-17-55(25-43)39(58)14-15-40(59)56(27)22-33-36(62-26-44(47,48)49)18-31(46)19-37(33)63-32-12-8-29(9-13-32)35-21-50-38(54(35)4)23-53(2)3/h6-13,18-19,21,27,34,57H,5,14-17,20,22-26H2,1-4H3,(H,51,60)(H,52,61)/t27-,34-,43+/m0/s1. The number of rotatable bonds is 12. The van der Waals surface area contributed by atoms with Gasteiger partial charge in [0.1, 0.15) is 35.2 Å². The molecule has 4 aromatic rings. The Labute approximate surface area is 373 Å². The molecule has 2 aliphatic heterocycles. The molecule has 19 heteroatoms. The summed E-state index contributed by atoms with van der Waals surface area (Å²) in [5.74, 6) is -1.99. The predicted octanol–water partition coefficient (Wildman–Crippen LogP) is 5.90. The lowest BCUT2D eigenvalue weighted by Crippen LogP contribution is -2.65. The van der Waals surface area contributed by atoms with Crippen LogP contribution in [0.5, 0.6) is 17.2 Å². The van der Waals surface area contributed by atoms with Gasteiger partial charge in [0.05, 0.1) is 42.7 Å². The van der Waals surface area contributed by atoms with E-state index in [-0.39, 0.29) is 53.1 Å². The van der Waals surface area contributed by atoms with E-state index in [1.165, 1.54) is 13.0 Å². The van der Waals surface area contributed by atoms with Crippen molar-refractivity contribution >= 4 is 46.8 Å². The fourth-order valence-electron chi connectivity index (χ4n) is 7.82. The molecule has 1 aromatic heterocycles. The number of ether oxygens (including phenoxy) is 2. The minimum Gasteiger partial charge on any atom is -0.484 e. The van der Waals surface area contributed by atoms with E-state index in [0.29, 0.717) is 37.4 Å². The highest BCUT2D eigenvalue weighted by atomic mass is 35.5. The molecular weight excluding hydrogens is 866 g/mol. The number of alkyl halides is 3. The van der Waals surface area contributed by atoms with Crippen molar-refractivity contribution in [1.29, 1.82) is 0 Å². The first-order valence-electron chi connectivity index (χ1n) is 20.3. The summed E-state index contributed by atoms with van der Waals surface area (Å²) in [6.45, 7) is -0.639. The molecule has 2 saturated heterocycles. The van der Waals surface area contributed by atoms with Crippen molar-refractivity contribution in [3.63, 3.8) is 0 Å². The van der Waals surface area contributed by atoms with Crippen LogP contribution in [-0.2, 0) is 45.7 Å². The molecule has 63 heavy (non-hydrogen) atoms. The molecule has 3 aromatic carbocycles. The Morgan fingerprint density at radius 1 is 0.952 bits per heavy atom. The molecule has 4 amide bonds. The number of nitrogens with one attached hydrogen (secondary N) is 2. The first kappa shape index (κ1) is 47.1. The van der Waals surface area contributed by atoms with Crippen molar-refractivity contribution in [3.05, 3.63) is 93.9 Å². The third-order valence-electron chi connectivity index (χ3n) is 11.1. The number of hydrogen-bond acceptors (Lipinski definition) is 9. The molecule has 3 heterocycles. The topological polar surface area (TPSA) is 159 Å². The third-order valence-corrected chi connectivity index (χ3v) is 11.6. The molecule has 2 bridgehead atoms. The van der Waals surface area contributed by atoms with E-state index in [2.05, 4.69) is 15.6 Å². The molecular formula is C44H50Cl2F3N7O7. The van der Waals surface area contributed by atoms with Crippen LogP contribution < -0.4 is 20.1 Å². The van der Waals surface area contributed by atoms with Crippen molar-refractivity contribution in [3.8, 4) is 28.5 Å². The smallest absolute Gasteiger partial charge is 0.422 e. The molecule has 0 aliphatic carbocycles. The van der Waals surface area contributed by atoms with Crippen LogP contribution in [0.15, 0.2) is 66.9 Å². The summed E-state index contributed by atoms with van der Waals surface area (Å²) in [7, 11) is 5.77. The van der Waals surface area contributed by atoms with Gasteiger partial charge in [-0.3, -0.25) is 19.2 Å². The van der Waals surface area contributed by atoms with E-state index < -0.39 is 61.3 Å². The Bertz CT molecular complexity index is 2290. The zero-order valence-corrected chi connectivity index (χ0v) is 36.8. The van der Waals surface area contributed by atoms with Crippen LogP contribution in [0.25, 0.3) is 11.3 Å². The van der Waals surface area contributed by atoms with Crippen molar-refractivity contribution in [1.82, 2.24) is 34.9 Å². The molecule has 0 saturated carbocycles. The number of piperidine rings is 1. The second kappa shape index (κ2) is 20.0. The Balaban J connectivity index is 1.32. The molecule has 0 spiro atoms. The van der Waals surface area contributed by atoms with Gasteiger partial charge >= 0.3 is 6.18 Å². The molecule has 3 atom stereocenters. The van der Waals surface area contributed by atoms with Gasteiger partial charge in [0.2, 0.25) is 23.6 Å². The van der Waals surface area contributed by atoms with Gasteiger partial charge in [-0.05, 0) is 88.3 Å². The molecule has 14 nitrogen and oxygen atoms in total. The highest BCUT2D eigenvalue weighted by Gasteiger charge is 2.41. The molecule has 0 unspecified atom stereocenters. The van der Waals surface area contributed by atoms with Gasteiger partial charge < -0.3 is 44.5 Å². The van der Waals surface area contributed by atoms with Crippen molar-refractivity contribution in [2.45, 2.75) is 75.9 Å². The predicted molar refractivity (Wildman–Crippen MR) is 229 cm³/mol. The van der Waals surface area contributed by atoms with Gasteiger partial charge in [0, 0.05) is 54.7 Å². The lowest BCUT2D eigenvalue weighted by molar-refractivity contribution is -0.153. The van der Waals surface area contributed by atoms with Gasteiger partial charge in [-0.1, -0.05) is 35.3 Å². The molecule has 6 rings (SSSR count). The van der Waals surface area contributed by atoms with Gasteiger partial charge in [-0.2, -0.15) is 13.2 Å². The summed E-state index contributed by atoms with van der Waals surface area (Å²) in [6.07, 6.45) is -2.35. The van der Waals surface area contributed by atoms with Gasteiger partial charge in [0.15, 0.2) is 6.61 Å². The molecule has 3 N–H and O–H groups in total. The number of nitrogens with zero attached hydrogens (tertiary/aromatic N) is 5. The number of aliphatic hydroxyl groups excluding tert-OH is 1. The fraction of sp³-hybridized carbons (Fsp3) is 0.432. The maximum atomic E-state index is 14.3. The molecule has 2 fully saturated rings. The normalized spacial score (nSPS) is 20.4. The lowest BCUT2D eigenvalue weighted by atomic mass is 9.82. The van der Waals surface area contributed by atoms with Crippen molar-refractivity contribution in [2.75, 3.05) is 40.4 Å². The summed E-state index contributed by atoms with van der Waals surface area (Å²) in [5.41, 5.74) is 1.43. The summed E-state index contributed by atoms with van der Waals surface area (Å²) < 4.78 is 54.3. The zero-order valence-electron chi connectivity index (χ0n) is 35.3. The third kappa shape index (κ3) is 12.0. The number of imidazole rings is 1. The second-order valence-corrected chi connectivity index (χ2v) is 17.1. The van der Waals surface area contributed by atoms with Crippen LogP contribution in [0, 0.1) is 0 Å². The van der Waals surface area contributed by atoms with Crippen LogP contribution in [0.4, 0.5) is 13.2 Å². The highest BCUT2D eigenvalue weighted by molar-refractivity contribution is 6.31. The largest absolute Gasteiger partial charge is 0.484 e. The Morgan fingerprint density at radius 3 is 2.30 bits per heavy atom. The number of aliphatic hydroxyl groups is 1. The molecule has 338 valence electrons. The number of fused-ring (bicyclic) bond motifs is 2. The number of carbonyl (C=O) groups is 4. The van der Waals surface area contributed by atoms with E-state index in [0.717, 1.165) is 33.6 Å². The first-order chi connectivity index (χ1) is 29.8. The number of carbonyl (C=O) groups excluding carboxylic acids is 4. The van der Waals surface area contributed by atoms with Crippen LogP contribution >= 0.6 is 23.2 Å². The number of hydrogen-bond donors (Lipinski definition) is 3. The highest BCUT2D eigenvalue weighted by Crippen LogP contribution is 2.39. The van der Waals surface area contributed by atoms with Crippen molar-refractivity contribution < 1.29 is 46.9 Å². The number of halogens is 5. The molecule has 2 aliphatic rings. The zero-order chi connectivity index (χ0) is 45.6. The number of aromatic nitrogens is 2. The van der Waals surface area contributed by atoms with E-state index in [1.54, 1.807) is 47.5 Å². The molecule has 0 radical (unpaired) electrons. The van der Waals surface area contributed by atoms with E-state index >= 15 is 0 Å². The van der Waals surface area contributed by atoms with E-state index in [4.69, 9.17) is 32.7 Å².